The van der Waals surface area contributed by atoms with E-state index in [1.165, 1.54) is 0 Å². The van der Waals surface area contributed by atoms with Crippen LogP contribution in [0.1, 0.15) is 38.1 Å². The van der Waals surface area contributed by atoms with E-state index in [2.05, 4.69) is 5.32 Å². The van der Waals surface area contributed by atoms with Crippen molar-refractivity contribution in [2.45, 2.75) is 39.3 Å². The first-order valence-corrected chi connectivity index (χ1v) is 6.34. The molecule has 1 N–H and O–H groups in total. The Labute approximate surface area is 114 Å². The van der Waals surface area contributed by atoms with E-state index in [0.717, 1.165) is 0 Å². The molecule has 0 aliphatic rings. The van der Waals surface area contributed by atoms with Gasteiger partial charge in [-0.3, -0.25) is 14.9 Å². The summed E-state index contributed by atoms with van der Waals surface area (Å²) in [5.74, 6) is -0.399. The van der Waals surface area contributed by atoms with Crippen molar-refractivity contribution in [3.05, 3.63) is 35.9 Å². The molecule has 1 aromatic rings. The third kappa shape index (κ3) is 5.66. The van der Waals surface area contributed by atoms with Crippen molar-refractivity contribution in [2.75, 3.05) is 6.54 Å². The number of esters is 1. The molecule has 0 saturated heterocycles. The molecule has 0 bridgehead atoms. The zero-order valence-electron chi connectivity index (χ0n) is 11.9. The van der Waals surface area contributed by atoms with E-state index < -0.39 is 11.6 Å². The molecule has 0 aliphatic heterocycles. The lowest BCUT2D eigenvalue weighted by molar-refractivity contribution is -0.153. The van der Waals surface area contributed by atoms with Crippen LogP contribution in [0.5, 0.6) is 0 Å². The average Bonchev–Trinajstić information content (AvgIpc) is 2.34. The van der Waals surface area contributed by atoms with Crippen molar-refractivity contribution in [1.82, 2.24) is 5.32 Å². The molecule has 19 heavy (non-hydrogen) atoms. The topological polar surface area (TPSA) is 55.4 Å². The summed E-state index contributed by atoms with van der Waals surface area (Å²) in [7, 11) is 0. The van der Waals surface area contributed by atoms with E-state index in [1.54, 1.807) is 19.1 Å². The van der Waals surface area contributed by atoms with Crippen molar-refractivity contribution in [3.8, 4) is 0 Å². The smallest absolute Gasteiger partial charge is 0.320 e. The maximum absolute atomic E-state index is 12.0. The average molecular weight is 263 g/mol. The summed E-state index contributed by atoms with van der Waals surface area (Å²) in [6.07, 6.45) is 0. The highest BCUT2D eigenvalue weighted by molar-refractivity contribution is 6.00. The van der Waals surface area contributed by atoms with Crippen LogP contribution in [0.25, 0.3) is 0 Å². The Morgan fingerprint density at radius 1 is 1.21 bits per heavy atom. The lowest BCUT2D eigenvalue weighted by Gasteiger charge is -2.20. The van der Waals surface area contributed by atoms with Gasteiger partial charge in [-0.2, -0.15) is 0 Å². The molecule has 1 atom stereocenters. The first-order chi connectivity index (χ1) is 8.79. The summed E-state index contributed by atoms with van der Waals surface area (Å²) in [5, 5.41) is 2.88. The Bertz CT molecular complexity index is 434. The fourth-order valence-corrected chi connectivity index (χ4v) is 1.56. The number of ketones is 1. The molecule has 0 unspecified atom stereocenters. The normalized spacial score (nSPS) is 12.8. The van der Waals surface area contributed by atoms with Crippen LogP contribution in [0.4, 0.5) is 0 Å². The third-order valence-electron chi connectivity index (χ3n) is 2.42. The van der Waals surface area contributed by atoms with Gasteiger partial charge in [-0.15, -0.1) is 0 Å². The van der Waals surface area contributed by atoms with Crippen molar-refractivity contribution in [2.24, 2.45) is 0 Å². The van der Waals surface area contributed by atoms with E-state index in [1.807, 2.05) is 39.0 Å². The van der Waals surface area contributed by atoms with Gasteiger partial charge in [0.25, 0.3) is 0 Å². The minimum atomic E-state index is -0.508. The highest BCUT2D eigenvalue weighted by atomic mass is 16.6. The molecular formula is C15H21NO3. The summed E-state index contributed by atoms with van der Waals surface area (Å²) in [4.78, 5) is 23.6. The zero-order valence-corrected chi connectivity index (χ0v) is 11.9. The third-order valence-corrected chi connectivity index (χ3v) is 2.42. The van der Waals surface area contributed by atoms with E-state index in [-0.39, 0.29) is 18.3 Å². The van der Waals surface area contributed by atoms with Crippen LogP contribution in [-0.4, -0.2) is 29.9 Å². The first kappa shape index (κ1) is 15.4. The molecular weight excluding hydrogens is 242 g/mol. The number of carbonyl (C=O) groups excluding carboxylic acids is 2. The van der Waals surface area contributed by atoms with E-state index in [4.69, 9.17) is 4.74 Å². The molecule has 4 nitrogen and oxygen atoms in total. The predicted molar refractivity (Wildman–Crippen MR) is 74.1 cm³/mol. The van der Waals surface area contributed by atoms with Gasteiger partial charge >= 0.3 is 5.97 Å². The minimum absolute atomic E-state index is 0.0248. The summed E-state index contributed by atoms with van der Waals surface area (Å²) in [6.45, 7) is 7.19. The van der Waals surface area contributed by atoms with E-state index in [0.29, 0.717) is 5.56 Å². The number of ether oxygens (including phenoxy) is 1. The molecule has 1 aromatic carbocycles. The second-order valence-corrected chi connectivity index (χ2v) is 5.42. The van der Waals surface area contributed by atoms with Gasteiger partial charge in [-0.25, -0.2) is 0 Å². The number of carbonyl (C=O) groups is 2. The fraction of sp³-hybridized carbons (Fsp3) is 0.467. The molecule has 0 aromatic heterocycles. The fourth-order valence-electron chi connectivity index (χ4n) is 1.56. The Balaban J connectivity index is 2.46. The summed E-state index contributed by atoms with van der Waals surface area (Å²) in [6, 6.07) is 8.58. The van der Waals surface area contributed by atoms with Crippen molar-refractivity contribution >= 4 is 11.8 Å². The van der Waals surface area contributed by atoms with Crippen LogP contribution >= 0.6 is 0 Å². The lowest BCUT2D eigenvalue weighted by Crippen LogP contribution is -2.39. The number of Topliss-reactive ketones (excluding diaryl/α,β-unsaturated/α-hetero) is 1. The number of hydrogen-bond donors (Lipinski definition) is 1. The molecule has 0 amide bonds. The molecule has 104 valence electrons. The van der Waals surface area contributed by atoms with Gasteiger partial charge in [0.2, 0.25) is 0 Å². The molecule has 0 heterocycles. The highest BCUT2D eigenvalue weighted by Gasteiger charge is 2.19. The van der Waals surface area contributed by atoms with Crippen LogP contribution in [0.2, 0.25) is 0 Å². The Morgan fingerprint density at radius 3 is 2.32 bits per heavy atom. The largest absolute Gasteiger partial charge is 0.459 e. The quantitative estimate of drug-likeness (QED) is 0.653. The van der Waals surface area contributed by atoms with Gasteiger partial charge in [0.15, 0.2) is 5.78 Å². The molecule has 4 heteroatoms. The zero-order chi connectivity index (χ0) is 14.5. The summed E-state index contributed by atoms with van der Waals surface area (Å²) < 4.78 is 5.16. The first-order valence-electron chi connectivity index (χ1n) is 6.34. The highest BCUT2D eigenvalue weighted by Crippen LogP contribution is 2.07. The summed E-state index contributed by atoms with van der Waals surface area (Å²) >= 11 is 0. The van der Waals surface area contributed by atoms with Gasteiger partial charge in [0.05, 0.1) is 12.6 Å². The van der Waals surface area contributed by atoms with Crippen molar-refractivity contribution in [3.63, 3.8) is 0 Å². The molecule has 0 radical (unpaired) electrons. The van der Waals surface area contributed by atoms with Crippen LogP contribution in [-0.2, 0) is 9.53 Å². The van der Waals surface area contributed by atoms with Gasteiger partial charge in [-0.1, -0.05) is 30.3 Å². The predicted octanol–water partition coefficient (Wildman–Crippen LogP) is 2.19. The van der Waals surface area contributed by atoms with Crippen LogP contribution in [0, 0.1) is 0 Å². The SMILES string of the molecule is C[C@H](NCC(=O)OC(C)(C)C)C(=O)c1ccccc1. The van der Waals surface area contributed by atoms with Gasteiger partial charge in [0, 0.05) is 5.56 Å². The van der Waals surface area contributed by atoms with E-state index in [9.17, 15) is 9.59 Å². The standard InChI is InChI=1S/C15H21NO3/c1-11(14(18)12-8-6-5-7-9-12)16-10-13(17)19-15(2,3)4/h5-9,11,16H,10H2,1-4H3/t11-/m0/s1. The molecule has 0 aliphatic carbocycles. The number of benzene rings is 1. The monoisotopic (exact) mass is 263 g/mol. The summed E-state index contributed by atoms with van der Waals surface area (Å²) in [5.41, 5.74) is 0.123. The van der Waals surface area contributed by atoms with Crippen LogP contribution in [0.15, 0.2) is 30.3 Å². The lowest BCUT2D eigenvalue weighted by atomic mass is 10.1. The molecule has 0 saturated carbocycles. The number of nitrogens with one attached hydrogen (secondary N) is 1. The Hall–Kier alpha value is -1.68. The van der Waals surface area contributed by atoms with Gasteiger partial charge in [0.1, 0.15) is 5.60 Å². The van der Waals surface area contributed by atoms with Crippen LogP contribution in [0.3, 0.4) is 0 Å². The molecule has 0 spiro atoms. The van der Waals surface area contributed by atoms with Gasteiger partial charge in [-0.05, 0) is 27.7 Å². The van der Waals surface area contributed by atoms with Crippen molar-refractivity contribution in [1.29, 1.82) is 0 Å². The minimum Gasteiger partial charge on any atom is -0.459 e. The maximum atomic E-state index is 12.0. The number of hydrogen-bond acceptors (Lipinski definition) is 4. The molecule has 0 fully saturated rings. The van der Waals surface area contributed by atoms with Crippen molar-refractivity contribution < 1.29 is 14.3 Å². The second kappa shape index (κ2) is 6.48. The maximum Gasteiger partial charge on any atom is 0.320 e. The van der Waals surface area contributed by atoms with E-state index >= 15 is 0 Å². The van der Waals surface area contributed by atoms with Gasteiger partial charge < -0.3 is 4.74 Å². The van der Waals surface area contributed by atoms with Crippen LogP contribution < -0.4 is 5.32 Å². The Morgan fingerprint density at radius 2 is 1.79 bits per heavy atom. The Kier molecular flexibility index (Phi) is 5.24. The molecule has 1 rings (SSSR count). The number of rotatable bonds is 5. The second-order valence-electron chi connectivity index (χ2n) is 5.42.